The van der Waals surface area contributed by atoms with E-state index >= 15 is 0 Å². The molecular weight excluding hydrogens is 274 g/mol. The average Bonchev–Trinajstić information content (AvgIpc) is 2.53. The molecule has 0 spiro atoms. The number of likely N-dealkylation sites (N-methyl/N-ethyl adjacent to an activating group) is 1. The lowest BCUT2D eigenvalue weighted by atomic mass is 9.90. The van der Waals surface area contributed by atoms with Crippen LogP contribution in [0, 0.1) is 5.92 Å². The molecule has 0 aromatic carbocycles. The predicted octanol–water partition coefficient (Wildman–Crippen LogP) is 4.51. The second-order valence-corrected chi connectivity index (χ2v) is 6.22. The van der Waals surface area contributed by atoms with E-state index in [9.17, 15) is 4.79 Å². The van der Waals surface area contributed by atoms with E-state index in [2.05, 4.69) is 38.2 Å². The van der Waals surface area contributed by atoms with Gasteiger partial charge in [-0.2, -0.15) is 0 Å². The van der Waals surface area contributed by atoms with E-state index in [-0.39, 0.29) is 17.9 Å². The molecule has 0 fully saturated rings. The molecule has 1 N–H and O–H groups in total. The van der Waals surface area contributed by atoms with Gasteiger partial charge < -0.3 is 10.1 Å². The van der Waals surface area contributed by atoms with Crippen LogP contribution in [0.15, 0.2) is 12.2 Å². The molecule has 3 nitrogen and oxygen atoms in total. The zero-order valence-corrected chi connectivity index (χ0v) is 15.4. The second-order valence-electron chi connectivity index (χ2n) is 6.22. The highest BCUT2D eigenvalue weighted by molar-refractivity contribution is 5.84. The van der Waals surface area contributed by atoms with Crippen molar-refractivity contribution in [2.24, 2.45) is 5.92 Å². The number of carbonyl (C=O) groups excluding carboxylic acids is 1. The number of nitrogens with one attached hydrogen (secondary N) is 1. The van der Waals surface area contributed by atoms with E-state index in [1.165, 1.54) is 19.3 Å². The molecule has 0 saturated carbocycles. The largest absolute Gasteiger partial charge is 0.379 e. The zero-order valence-electron chi connectivity index (χ0n) is 15.4. The molecule has 0 aromatic heterocycles. The Morgan fingerprint density at radius 1 is 1.14 bits per heavy atom. The Morgan fingerprint density at radius 3 is 2.36 bits per heavy atom. The van der Waals surface area contributed by atoms with Gasteiger partial charge in [-0.25, -0.2) is 0 Å². The van der Waals surface area contributed by atoms with Crippen LogP contribution in [-0.2, 0) is 9.53 Å². The Balaban J connectivity index is 4.40. The molecule has 0 heterocycles. The first-order valence-corrected chi connectivity index (χ1v) is 9.00. The van der Waals surface area contributed by atoms with E-state index in [1.807, 2.05) is 7.05 Å². The van der Waals surface area contributed by atoms with E-state index in [0.29, 0.717) is 12.3 Å². The first-order chi connectivity index (χ1) is 10.6. The summed E-state index contributed by atoms with van der Waals surface area (Å²) in [6.45, 7) is 6.51. The van der Waals surface area contributed by atoms with Gasteiger partial charge in [0, 0.05) is 13.5 Å². The van der Waals surface area contributed by atoms with Crippen molar-refractivity contribution < 1.29 is 9.53 Å². The highest BCUT2D eigenvalue weighted by Gasteiger charge is 2.30. The van der Waals surface area contributed by atoms with Gasteiger partial charge in [-0.05, 0) is 38.6 Å². The fraction of sp³-hybridized carbons (Fsp3) is 0.842. The molecule has 3 heteroatoms. The van der Waals surface area contributed by atoms with Crippen LogP contribution in [0.1, 0.15) is 72.1 Å². The highest BCUT2D eigenvalue weighted by Crippen LogP contribution is 2.18. The Labute approximate surface area is 137 Å². The number of Topliss-reactive ketones (excluding diaryl/α,β-unsaturated/α-hetero) is 1. The minimum Gasteiger partial charge on any atom is -0.379 e. The van der Waals surface area contributed by atoms with Crippen molar-refractivity contribution in [3.05, 3.63) is 12.2 Å². The number of hydrogen-bond donors (Lipinski definition) is 1. The Bertz CT molecular complexity index is 302. The second kappa shape index (κ2) is 14.0. The minimum absolute atomic E-state index is 0.0605. The molecule has 0 radical (unpaired) electrons. The third-order valence-corrected chi connectivity index (χ3v) is 4.25. The van der Waals surface area contributed by atoms with Gasteiger partial charge in [0.15, 0.2) is 5.78 Å². The van der Waals surface area contributed by atoms with Gasteiger partial charge in [-0.3, -0.25) is 4.79 Å². The normalized spacial score (nSPS) is 15.9. The quantitative estimate of drug-likeness (QED) is 0.379. The van der Waals surface area contributed by atoms with Gasteiger partial charge in [-0.1, -0.05) is 52.2 Å². The topological polar surface area (TPSA) is 38.3 Å². The van der Waals surface area contributed by atoms with Crippen molar-refractivity contribution in [3.8, 4) is 0 Å². The number of carbonyl (C=O) groups is 1. The van der Waals surface area contributed by atoms with Crippen molar-refractivity contribution in [2.75, 3.05) is 14.2 Å². The number of rotatable bonds is 14. The van der Waals surface area contributed by atoms with Crippen molar-refractivity contribution in [1.82, 2.24) is 5.32 Å². The number of ketones is 1. The summed E-state index contributed by atoms with van der Waals surface area (Å²) in [6, 6.07) is -0.194. The van der Waals surface area contributed by atoms with E-state index in [0.717, 1.165) is 25.7 Å². The maximum absolute atomic E-state index is 12.3. The molecule has 3 unspecified atom stereocenters. The molecule has 0 aliphatic carbocycles. The SMILES string of the molecule is CCCCC/C=C/CC(C)C(OC)C(NC)C(=O)CCCC. The van der Waals surface area contributed by atoms with Gasteiger partial charge in [0.25, 0.3) is 0 Å². The molecule has 0 aliphatic rings. The number of methoxy groups -OCH3 is 1. The fourth-order valence-corrected chi connectivity index (χ4v) is 2.79. The molecule has 3 atom stereocenters. The maximum Gasteiger partial charge on any atom is 0.152 e. The molecule has 0 amide bonds. The molecule has 22 heavy (non-hydrogen) atoms. The Kier molecular flexibility index (Phi) is 13.5. The average molecular weight is 312 g/mol. The van der Waals surface area contributed by atoms with Crippen molar-refractivity contribution in [2.45, 2.75) is 84.3 Å². The van der Waals surface area contributed by atoms with E-state index in [4.69, 9.17) is 4.74 Å². The van der Waals surface area contributed by atoms with Crippen LogP contribution < -0.4 is 5.32 Å². The molecule has 0 aromatic rings. The third-order valence-electron chi connectivity index (χ3n) is 4.25. The van der Waals surface area contributed by atoms with Crippen LogP contribution in [0.25, 0.3) is 0 Å². The molecule has 0 saturated heterocycles. The van der Waals surface area contributed by atoms with Gasteiger partial charge in [0.2, 0.25) is 0 Å². The van der Waals surface area contributed by atoms with E-state index < -0.39 is 0 Å². The lowest BCUT2D eigenvalue weighted by Crippen LogP contribution is -2.48. The highest BCUT2D eigenvalue weighted by atomic mass is 16.5. The summed E-state index contributed by atoms with van der Waals surface area (Å²) in [4.78, 5) is 12.3. The minimum atomic E-state index is -0.194. The smallest absolute Gasteiger partial charge is 0.152 e. The van der Waals surface area contributed by atoms with E-state index in [1.54, 1.807) is 7.11 Å². The van der Waals surface area contributed by atoms with Gasteiger partial charge in [0.1, 0.15) is 0 Å². The Morgan fingerprint density at radius 2 is 1.82 bits per heavy atom. The van der Waals surface area contributed by atoms with Gasteiger partial charge in [-0.15, -0.1) is 0 Å². The molecule has 0 aliphatic heterocycles. The van der Waals surface area contributed by atoms with Crippen LogP contribution in [0.5, 0.6) is 0 Å². The van der Waals surface area contributed by atoms with Crippen LogP contribution in [0.3, 0.4) is 0 Å². The molecule has 0 rings (SSSR count). The first-order valence-electron chi connectivity index (χ1n) is 9.00. The van der Waals surface area contributed by atoms with Crippen LogP contribution in [0.4, 0.5) is 0 Å². The van der Waals surface area contributed by atoms with Gasteiger partial charge >= 0.3 is 0 Å². The van der Waals surface area contributed by atoms with Crippen molar-refractivity contribution >= 4 is 5.78 Å². The summed E-state index contributed by atoms with van der Waals surface area (Å²) in [5, 5.41) is 3.16. The lowest BCUT2D eigenvalue weighted by molar-refractivity contribution is -0.125. The number of unbranched alkanes of at least 4 members (excludes halogenated alkanes) is 4. The lowest BCUT2D eigenvalue weighted by Gasteiger charge is -2.29. The number of hydrogen-bond acceptors (Lipinski definition) is 3. The zero-order chi connectivity index (χ0) is 16.8. The monoisotopic (exact) mass is 311 g/mol. The summed E-state index contributed by atoms with van der Waals surface area (Å²) in [5.74, 6) is 0.602. The third kappa shape index (κ3) is 8.70. The van der Waals surface area contributed by atoms with Crippen LogP contribution in [-0.4, -0.2) is 32.1 Å². The molecular formula is C19H37NO2. The Hall–Kier alpha value is -0.670. The fourth-order valence-electron chi connectivity index (χ4n) is 2.79. The maximum atomic E-state index is 12.3. The van der Waals surface area contributed by atoms with Crippen LogP contribution in [0.2, 0.25) is 0 Å². The standard InChI is InChI=1S/C19H37NO2/c1-6-8-10-11-12-13-14-16(3)19(22-5)18(20-4)17(21)15-9-7-2/h12-13,16,18-20H,6-11,14-15H2,1-5H3/b13-12+. The first kappa shape index (κ1) is 21.3. The van der Waals surface area contributed by atoms with Crippen LogP contribution >= 0.6 is 0 Å². The van der Waals surface area contributed by atoms with Gasteiger partial charge in [0.05, 0.1) is 12.1 Å². The summed E-state index contributed by atoms with van der Waals surface area (Å²) in [7, 11) is 3.57. The predicted molar refractivity (Wildman–Crippen MR) is 95.2 cm³/mol. The molecule has 0 bridgehead atoms. The summed E-state index contributed by atoms with van der Waals surface area (Å²) in [5.41, 5.74) is 0. The summed E-state index contributed by atoms with van der Waals surface area (Å²) in [6.07, 6.45) is 13.1. The molecule has 130 valence electrons. The summed E-state index contributed by atoms with van der Waals surface area (Å²) >= 11 is 0. The number of allylic oxidation sites excluding steroid dienone is 2. The number of ether oxygens (including phenoxy) is 1. The van der Waals surface area contributed by atoms with Crippen molar-refractivity contribution in [1.29, 1.82) is 0 Å². The summed E-state index contributed by atoms with van der Waals surface area (Å²) < 4.78 is 5.64. The van der Waals surface area contributed by atoms with Crippen molar-refractivity contribution in [3.63, 3.8) is 0 Å².